The Kier molecular flexibility index (Phi) is 8.72. The van der Waals surface area contributed by atoms with Gasteiger partial charge in [-0.05, 0) is 63.7 Å². The topological polar surface area (TPSA) is 15.3 Å². The molecule has 0 spiro atoms. The second-order valence-corrected chi connectivity index (χ2v) is 7.00. The van der Waals surface area contributed by atoms with Crippen LogP contribution in [0.1, 0.15) is 66.2 Å². The molecule has 1 N–H and O–H groups in total. The minimum Gasteiger partial charge on any atom is -0.316 e. The molecular formula is C17H36N2. The van der Waals surface area contributed by atoms with E-state index >= 15 is 0 Å². The van der Waals surface area contributed by atoms with Gasteiger partial charge in [0.1, 0.15) is 0 Å². The molecule has 2 nitrogen and oxygen atoms in total. The molecule has 0 radical (unpaired) electrons. The molecule has 19 heavy (non-hydrogen) atoms. The molecule has 114 valence electrons. The van der Waals surface area contributed by atoms with Crippen molar-refractivity contribution in [2.24, 2.45) is 11.8 Å². The van der Waals surface area contributed by atoms with Gasteiger partial charge in [-0.15, -0.1) is 0 Å². The summed E-state index contributed by atoms with van der Waals surface area (Å²) >= 11 is 0. The first-order chi connectivity index (χ1) is 9.11. The molecule has 0 aromatic rings. The quantitative estimate of drug-likeness (QED) is 0.604. The van der Waals surface area contributed by atoms with Gasteiger partial charge in [-0.2, -0.15) is 0 Å². The van der Waals surface area contributed by atoms with Crippen LogP contribution in [0.5, 0.6) is 0 Å². The Balaban J connectivity index is 1.93. The highest BCUT2D eigenvalue weighted by atomic mass is 15.2. The number of nitrogens with zero attached hydrogens (tertiary/aromatic N) is 1. The summed E-state index contributed by atoms with van der Waals surface area (Å²) < 4.78 is 0. The van der Waals surface area contributed by atoms with Crippen molar-refractivity contribution < 1.29 is 0 Å². The number of likely N-dealkylation sites (tertiary alicyclic amines) is 1. The first kappa shape index (κ1) is 17.0. The zero-order chi connectivity index (χ0) is 14.1. The summed E-state index contributed by atoms with van der Waals surface area (Å²) in [5.41, 5.74) is 0. The van der Waals surface area contributed by atoms with Crippen molar-refractivity contribution in [3.63, 3.8) is 0 Å². The lowest BCUT2D eigenvalue weighted by atomic mass is 10.0. The number of hydrogen-bond acceptors (Lipinski definition) is 2. The van der Waals surface area contributed by atoms with Gasteiger partial charge in [0, 0.05) is 6.04 Å². The predicted molar refractivity (Wildman–Crippen MR) is 85.6 cm³/mol. The van der Waals surface area contributed by atoms with Crippen LogP contribution in [0.2, 0.25) is 0 Å². The lowest BCUT2D eigenvalue weighted by molar-refractivity contribution is 0.202. The second kappa shape index (κ2) is 9.77. The minimum atomic E-state index is 0.781. The molecule has 1 saturated heterocycles. The van der Waals surface area contributed by atoms with Crippen LogP contribution in [0, 0.1) is 11.8 Å². The zero-order valence-corrected chi connectivity index (χ0v) is 13.8. The molecule has 0 saturated carbocycles. The highest BCUT2D eigenvalue weighted by Gasteiger charge is 2.25. The summed E-state index contributed by atoms with van der Waals surface area (Å²) in [6, 6.07) is 0.868. The Morgan fingerprint density at radius 1 is 1.05 bits per heavy atom. The van der Waals surface area contributed by atoms with Gasteiger partial charge in [0.05, 0.1) is 0 Å². The fourth-order valence-electron chi connectivity index (χ4n) is 3.19. The van der Waals surface area contributed by atoms with Crippen LogP contribution in [0.15, 0.2) is 0 Å². The van der Waals surface area contributed by atoms with Crippen molar-refractivity contribution in [2.45, 2.75) is 72.3 Å². The number of unbranched alkanes of at least 4 members (excludes halogenated alkanes) is 3. The average Bonchev–Trinajstić information content (AvgIpc) is 2.80. The van der Waals surface area contributed by atoms with Crippen molar-refractivity contribution in [3.05, 3.63) is 0 Å². The van der Waals surface area contributed by atoms with Crippen molar-refractivity contribution in [3.8, 4) is 0 Å². The number of hydrogen-bond donors (Lipinski definition) is 1. The summed E-state index contributed by atoms with van der Waals surface area (Å²) in [7, 11) is 0. The Hall–Kier alpha value is -0.0800. The van der Waals surface area contributed by atoms with E-state index in [1.807, 2.05) is 0 Å². The third kappa shape index (κ3) is 7.31. The Bertz CT molecular complexity index is 213. The molecule has 2 heteroatoms. The van der Waals surface area contributed by atoms with Gasteiger partial charge in [0.15, 0.2) is 0 Å². The molecule has 1 heterocycles. The van der Waals surface area contributed by atoms with Crippen LogP contribution >= 0.6 is 0 Å². The van der Waals surface area contributed by atoms with Crippen molar-refractivity contribution in [2.75, 3.05) is 26.2 Å². The molecule has 0 bridgehead atoms. The van der Waals surface area contributed by atoms with Gasteiger partial charge in [-0.25, -0.2) is 0 Å². The Morgan fingerprint density at radius 3 is 2.47 bits per heavy atom. The Morgan fingerprint density at radius 2 is 1.79 bits per heavy atom. The van der Waals surface area contributed by atoms with Gasteiger partial charge in [0.25, 0.3) is 0 Å². The van der Waals surface area contributed by atoms with Crippen LogP contribution in [-0.2, 0) is 0 Å². The van der Waals surface area contributed by atoms with Crippen molar-refractivity contribution in [1.29, 1.82) is 0 Å². The molecule has 0 amide bonds. The summed E-state index contributed by atoms with van der Waals surface area (Å²) in [6.07, 6.45) is 8.39. The Labute approximate surface area is 121 Å². The van der Waals surface area contributed by atoms with Gasteiger partial charge in [-0.3, -0.25) is 0 Å². The fraction of sp³-hybridized carbons (Fsp3) is 1.00. The number of rotatable bonds is 10. The van der Waals surface area contributed by atoms with Crippen LogP contribution < -0.4 is 5.32 Å². The molecule has 1 fully saturated rings. The molecule has 0 aromatic heterocycles. The summed E-state index contributed by atoms with van der Waals surface area (Å²) in [6.45, 7) is 14.4. The molecule has 1 aliphatic rings. The molecular weight excluding hydrogens is 232 g/mol. The smallest absolute Gasteiger partial charge is 0.0119 e. The molecule has 0 aromatic carbocycles. The standard InChI is InChI=1S/C17H36N2/c1-15(2)14-18-11-7-5-6-8-12-19-13-9-10-17(19)16(3)4/h15-18H,5-14H2,1-4H3. The van der Waals surface area contributed by atoms with Crippen LogP contribution in [0.25, 0.3) is 0 Å². The minimum absolute atomic E-state index is 0.781. The summed E-state index contributed by atoms with van der Waals surface area (Å²) in [5.74, 6) is 1.62. The highest BCUT2D eigenvalue weighted by Crippen LogP contribution is 2.23. The average molecular weight is 268 g/mol. The predicted octanol–water partition coefficient (Wildman–Crippen LogP) is 3.91. The van der Waals surface area contributed by atoms with Gasteiger partial charge < -0.3 is 10.2 Å². The van der Waals surface area contributed by atoms with Crippen LogP contribution in [0.4, 0.5) is 0 Å². The van der Waals surface area contributed by atoms with Crippen molar-refractivity contribution in [1.82, 2.24) is 10.2 Å². The van der Waals surface area contributed by atoms with Gasteiger partial charge in [-0.1, -0.05) is 40.5 Å². The fourth-order valence-corrected chi connectivity index (χ4v) is 3.19. The maximum Gasteiger partial charge on any atom is 0.0119 e. The number of nitrogens with one attached hydrogen (secondary N) is 1. The second-order valence-electron chi connectivity index (χ2n) is 7.00. The normalized spacial score (nSPS) is 20.8. The van der Waals surface area contributed by atoms with E-state index in [2.05, 4.69) is 37.9 Å². The van der Waals surface area contributed by atoms with E-state index in [1.54, 1.807) is 0 Å². The molecule has 1 atom stereocenters. The highest BCUT2D eigenvalue weighted by molar-refractivity contribution is 4.81. The van der Waals surface area contributed by atoms with E-state index in [0.29, 0.717) is 0 Å². The third-order valence-electron chi connectivity index (χ3n) is 4.29. The zero-order valence-electron chi connectivity index (χ0n) is 13.8. The molecule has 1 aliphatic heterocycles. The summed E-state index contributed by atoms with van der Waals surface area (Å²) in [5, 5.41) is 3.53. The molecule has 1 rings (SSSR count). The van der Waals surface area contributed by atoms with Crippen LogP contribution in [-0.4, -0.2) is 37.1 Å². The monoisotopic (exact) mass is 268 g/mol. The van der Waals surface area contributed by atoms with Gasteiger partial charge >= 0.3 is 0 Å². The lowest BCUT2D eigenvalue weighted by Crippen LogP contribution is -2.34. The maximum atomic E-state index is 3.53. The first-order valence-corrected chi connectivity index (χ1v) is 8.56. The first-order valence-electron chi connectivity index (χ1n) is 8.56. The van der Waals surface area contributed by atoms with Crippen molar-refractivity contribution >= 4 is 0 Å². The van der Waals surface area contributed by atoms with E-state index in [9.17, 15) is 0 Å². The lowest BCUT2D eigenvalue weighted by Gasteiger charge is -2.27. The van der Waals surface area contributed by atoms with Crippen LogP contribution in [0.3, 0.4) is 0 Å². The van der Waals surface area contributed by atoms with E-state index in [4.69, 9.17) is 0 Å². The van der Waals surface area contributed by atoms with E-state index < -0.39 is 0 Å². The molecule has 0 aliphatic carbocycles. The van der Waals surface area contributed by atoms with E-state index in [1.165, 1.54) is 64.7 Å². The van der Waals surface area contributed by atoms with Gasteiger partial charge in [0.2, 0.25) is 0 Å². The maximum absolute atomic E-state index is 3.53. The summed E-state index contributed by atoms with van der Waals surface area (Å²) in [4.78, 5) is 2.74. The van der Waals surface area contributed by atoms with E-state index in [-0.39, 0.29) is 0 Å². The third-order valence-corrected chi connectivity index (χ3v) is 4.29. The van der Waals surface area contributed by atoms with E-state index in [0.717, 1.165) is 17.9 Å². The largest absolute Gasteiger partial charge is 0.316 e. The molecule has 1 unspecified atom stereocenters. The SMILES string of the molecule is CC(C)CNCCCCCCN1CCCC1C(C)C.